The van der Waals surface area contributed by atoms with Crippen molar-refractivity contribution in [1.82, 2.24) is 10.2 Å². The van der Waals surface area contributed by atoms with E-state index in [1.54, 1.807) is 4.90 Å². The summed E-state index contributed by atoms with van der Waals surface area (Å²) in [7, 11) is 0. The molecule has 1 spiro atoms. The Morgan fingerprint density at radius 2 is 2.00 bits per heavy atom. The summed E-state index contributed by atoms with van der Waals surface area (Å²) in [4.78, 5) is 13.6. The van der Waals surface area contributed by atoms with E-state index in [9.17, 15) is 4.79 Å². The van der Waals surface area contributed by atoms with Crippen molar-refractivity contribution in [2.45, 2.75) is 38.3 Å². The van der Waals surface area contributed by atoms with Crippen LogP contribution in [0.2, 0.25) is 0 Å². The Morgan fingerprint density at radius 3 is 2.61 bits per heavy atom. The van der Waals surface area contributed by atoms with Gasteiger partial charge < -0.3 is 19.7 Å². The van der Waals surface area contributed by atoms with Crippen molar-refractivity contribution < 1.29 is 14.3 Å². The fourth-order valence-corrected chi connectivity index (χ4v) is 2.26. The maximum absolute atomic E-state index is 11.8. The highest BCUT2D eigenvalue weighted by Crippen LogP contribution is 2.27. The van der Waals surface area contributed by atoms with Crippen LogP contribution in [0.1, 0.15) is 27.2 Å². The van der Waals surface area contributed by atoms with Gasteiger partial charge >= 0.3 is 6.09 Å². The molecule has 2 aliphatic rings. The van der Waals surface area contributed by atoms with E-state index in [-0.39, 0.29) is 24.0 Å². The third-order valence-electron chi connectivity index (χ3n) is 3.11. The zero-order valence-electron chi connectivity index (χ0n) is 11.3. The molecule has 2 heterocycles. The van der Waals surface area contributed by atoms with E-state index in [2.05, 4.69) is 5.32 Å². The van der Waals surface area contributed by atoms with Gasteiger partial charge in [-0.05, 0) is 27.2 Å². The molecular formula is C12H23ClN2O3. The van der Waals surface area contributed by atoms with Gasteiger partial charge in [-0.15, -0.1) is 12.4 Å². The molecule has 0 aromatic rings. The summed E-state index contributed by atoms with van der Waals surface area (Å²) in [5.41, 5.74) is -0.354. The van der Waals surface area contributed by atoms with E-state index in [1.807, 2.05) is 20.8 Å². The Bertz CT molecular complexity index is 288. The lowest BCUT2D eigenvalue weighted by molar-refractivity contribution is -0.0184. The van der Waals surface area contributed by atoms with Gasteiger partial charge in [0.05, 0.1) is 12.1 Å². The van der Waals surface area contributed by atoms with Crippen LogP contribution < -0.4 is 5.32 Å². The number of hydrogen-bond acceptors (Lipinski definition) is 4. The molecule has 5 nitrogen and oxygen atoms in total. The number of carbonyl (C=O) groups excluding carboxylic acids is 1. The van der Waals surface area contributed by atoms with Crippen molar-refractivity contribution in [3.05, 3.63) is 0 Å². The van der Waals surface area contributed by atoms with E-state index < -0.39 is 5.60 Å². The molecule has 2 aliphatic heterocycles. The summed E-state index contributed by atoms with van der Waals surface area (Å²) in [5.74, 6) is 0. The Labute approximate surface area is 115 Å². The Hall–Kier alpha value is -0.520. The summed E-state index contributed by atoms with van der Waals surface area (Å²) in [6.45, 7) is 9.51. The summed E-state index contributed by atoms with van der Waals surface area (Å²) < 4.78 is 10.7. The van der Waals surface area contributed by atoms with Gasteiger partial charge in [-0.1, -0.05) is 0 Å². The summed E-state index contributed by atoms with van der Waals surface area (Å²) in [6.07, 6.45) is 0.752. The highest BCUT2D eigenvalue weighted by molar-refractivity contribution is 5.85. The molecular weight excluding hydrogens is 256 g/mol. The van der Waals surface area contributed by atoms with E-state index in [4.69, 9.17) is 9.47 Å². The second-order valence-corrected chi connectivity index (χ2v) is 5.91. The van der Waals surface area contributed by atoms with Gasteiger partial charge in [0.25, 0.3) is 0 Å². The third-order valence-corrected chi connectivity index (χ3v) is 3.11. The second-order valence-electron chi connectivity index (χ2n) is 5.91. The van der Waals surface area contributed by atoms with Gasteiger partial charge in [0.2, 0.25) is 0 Å². The molecule has 1 N–H and O–H groups in total. The van der Waals surface area contributed by atoms with Crippen molar-refractivity contribution in [1.29, 1.82) is 0 Å². The smallest absolute Gasteiger partial charge is 0.410 e. The minimum absolute atomic E-state index is 0. The minimum atomic E-state index is -0.417. The normalized spacial score (nSPS) is 22.7. The number of likely N-dealkylation sites (tertiary alicyclic amines) is 1. The lowest BCUT2D eigenvalue weighted by Crippen LogP contribution is -2.70. The van der Waals surface area contributed by atoms with Gasteiger partial charge in [-0.25, -0.2) is 4.79 Å². The molecule has 0 bridgehead atoms. The molecule has 2 fully saturated rings. The topological polar surface area (TPSA) is 50.8 Å². The molecule has 6 heteroatoms. The van der Waals surface area contributed by atoms with Crippen molar-refractivity contribution in [2.24, 2.45) is 0 Å². The maximum atomic E-state index is 11.8. The van der Waals surface area contributed by atoms with Crippen molar-refractivity contribution in [3.8, 4) is 0 Å². The first-order chi connectivity index (χ1) is 7.90. The molecule has 0 unspecified atom stereocenters. The maximum Gasteiger partial charge on any atom is 0.410 e. The molecule has 18 heavy (non-hydrogen) atoms. The number of halogens is 1. The Morgan fingerprint density at radius 1 is 1.33 bits per heavy atom. The highest BCUT2D eigenvalue weighted by atomic mass is 35.5. The average Bonchev–Trinajstić information content (AvgIpc) is 2.36. The van der Waals surface area contributed by atoms with Crippen LogP contribution in [0.4, 0.5) is 4.79 Å². The lowest BCUT2D eigenvalue weighted by Gasteiger charge is -2.49. The average molecular weight is 279 g/mol. The number of nitrogens with zero attached hydrogens (tertiary/aromatic N) is 1. The highest BCUT2D eigenvalue weighted by Gasteiger charge is 2.46. The number of carbonyl (C=O) groups is 1. The minimum Gasteiger partial charge on any atom is -0.444 e. The van der Waals surface area contributed by atoms with Crippen LogP contribution in [0, 0.1) is 0 Å². The van der Waals surface area contributed by atoms with Crippen LogP contribution in [0.3, 0.4) is 0 Å². The summed E-state index contributed by atoms with van der Waals surface area (Å²) in [5, 5.41) is 3.47. The second kappa shape index (κ2) is 5.63. The summed E-state index contributed by atoms with van der Waals surface area (Å²) >= 11 is 0. The Balaban J connectivity index is 0.00000162. The number of nitrogens with one attached hydrogen (secondary N) is 1. The largest absolute Gasteiger partial charge is 0.444 e. The zero-order chi connectivity index (χ0) is 12.5. The van der Waals surface area contributed by atoms with E-state index in [0.29, 0.717) is 0 Å². The quantitative estimate of drug-likeness (QED) is 0.728. The van der Waals surface area contributed by atoms with Crippen molar-refractivity contribution >= 4 is 18.5 Å². The van der Waals surface area contributed by atoms with Gasteiger partial charge in [-0.2, -0.15) is 0 Å². The summed E-state index contributed by atoms with van der Waals surface area (Å²) in [6, 6.07) is 0. The van der Waals surface area contributed by atoms with Crippen molar-refractivity contribution in [3.63, 3.8) is 0 Å². The van der Waals surface area contributed by atoms with Gasteiger partial charge in [-0.3, -0.25) is 0 Å². The SMILES string of the molecule is CC(C)(C)OC(=O)N1CC2(CCOCCN2)C1.Cl. The Kier molecular flexibility index (Phi) is 4.86. The van der Waals surface area contributed by atoms with Gasteiger partial charge in [0.15, 0.2) is 0 Å². The fourth-order valence-electron chi connectivity index (χ4n) is 2.26. The molecule has 0 saturated carbocycles. The molecule has 1 amide bonds. The number of ether oxygens (including phenoxy) is 2. The predicted molar refractivity (Wildman–Crippen MR) is 71.2 cm³/mol. The first-order valence-electron chi connectivity index (χ1n) is 6.21. The van der Waals surface area contributed by atoms with Crippen molar-refractivity contribution in [2.75, 3.05) is 32.8 Å². The monoisotopic (exact) mass is 278 g/mol. The number of rotatable bonds is 0. The number of hydrogen-bond donors (Lipinski definition) is 1. The van der Waals surface area contributed by atoms with Crippen LogP contribution in [-0.4, -0.2) is 55.0 Å². The molecule has 0 radical (unpaired) electrons. The lowest BCUT2D eigenvalue weighted by atomic mass is 9.87. The molecule has 0 aromatic heterocycles. The zero-order valence-corrected chi connectivity index (χ0v) is 12.1. The molecule has 2 saturated heterocycles. The third kappa shape index (κ3) is 3.73. The molecule has 2 rings (SSSR count). The first kappa shape index (κ1) is 15.5. The van der Waals surface area contributed by atoms with Gasteiger partial charge in [0, 0.05) is 26.2 Å². The number of amides is 1. The molecule has 106 valence electrons. The van der Waals surface area contributed by atoms with Crippen LogP contribution in [0.15, 0.2) is 0 Å². The van der Waals surface area contributed by atoms with E-state index >= 15 is 0 Å². The molecule has 0 aromatic carbocycles. The molecule has 0 atom stereocenters. The van der Waals surface area contributed by atoms with E-state index in [1.165, 1.54) is 0 Å². The van der Waals surface area contributed by atoms with Crippen LogP contribution in [-0.2, 0) is 9.47 Å². The van der Waals surface area contributed by atoms with Crippen LogP contribution in [0.25, 0.3) is 0 Å². The van der Waals surface area contributed by atoms with E-state index in [0.717, 1.165) is 39.3 Å². The standard InChI is InChI=1S/C12H22N2O3.ClH/c1-11(2,3)17-10(15)14-8-12(9-14)4-6-16-7-5-13-12;/h13H,4-9H2,1-3H3;1H. The van der Waals surface area contributed by atoms with Gasteiger partial charge in [0.1, 0.15) is 5.60 Å². The predicted octanol–water partition coefficient (Wildman–Crippen LogP) is 1.41. The van der Waals surface area contributed by atoms with Crippen LogP contribution in [0.5, 0.6) is 0 Å². The fraction of sp³-hybridized carbons (Fsp3) is 0.917. The first-order valence-corrected chi connectivity index (χ1v) is 6.21. The van der Waals surface area contributed by atoms with Crippen LogP contribution >= 0.6 is 12.4 Å². The molecule has 0 aliphatic carbocycles.